The topological polar surface area (TPSA) is 47.8 Å². The minimum absolute atomic E-state index is 0.349. The van der Waals surface area contributed by atoms with Crippen molar-refractivity contribution in [3.8, 4) is 16.9 Å². The van der Waals surface area contributed by atoms with Crippen LogP contribution in [0, 0.1) is 6.92 Å². The standard InChI is InChI=1S/C19H19N3O/c1-13(2)15-8-10-17(11-9-15)22-19(18(12-23)20-21-22)16-6-4-14(3)5-7-16/h4-13H,1-3H3. The lowest BCUT2D eigenvalue weighted by Crippen LogP contribution is -2.00. The number of rotatable bonds is 4. The molecular formula is C19H19N3O. The molecule has 0 radical (unpaired) electrons. The van der Waals surface area contributed by atoms with Crippen LogP contribution in [0.3, 0.4) is 0 Å². The fourth-order valence-electron chi connectivity index (χ4n) is 2.54. The summed E-state index contributed by atoms with van der Waals surface area (Å²) in [6.45, 7) is 6.35. The largest absolute Gasteiger partial charge is 0.296 e. The second-order valence-corrected chi connectivity index (χ2v) is 5.97. The van der Waals surface area contributed by atoms with Crippen molar-refractivity contribution < 1.29 is 4.79 Å². The van der Waals surface area contributed by atoms with Gasteiger partial charge in [0, 0.05) is 5.56 Å². The highest BCUT2D eigenvalue weighted by Gasteiger charge is 2.15. The van der Waals surface area contributed by atoms with Gasteiger partial charge in [0.1, 0.15) is 5.69 Å². The Labute approximate surface area is 135 Å². The molecule has 0 unspecified atom stereocenters. The number of hydrogen-bond donors (Lipinski definition) is 0. The molecule has 0 atom stereocenters. The molecule has 1 aromatic heterocycles. The van der Waals surface area contributed by atoms with Gasteiger partial charge in [0.05, 0.1) is 5.69 Å². The van der Waals surface area contributed by atoms with Gasteiger partial charge in [-0.1, -0.05) is 61.0 Å². The molecule has 0 saturated heterocycles. The Bertz CT molecular complexity index is 815. The summed E-state index contributed by atoms with van der Waals surface area (Å²) in [6.07, 6.45) is 0.751. The van der Waals surface area contributed by atoms with Crippen LogP contribution in [0.15, 0.2) is 48.5 Å². The molecule has 0 amide bonds. The zero-order chi connectivity index (χ0) is 16.4. The molecular weight excluding hydrogens is 286 g/mol. The van der Waals surface area contributed by atoms with Crippen molar-refractivity contribution in [1.82, 2.24) is 15.0 Å². The first-order valence-electron chi connectivity index (χ1n) is 7.68. The van der Waals surface area contributed by atoms with Crippen molar-refractivity contribution in [2.45, 2.75) is 26.7 Å². The van der Waals surface area contributed by atoms with Crippen LogP contribution in [0.2, 0.25) is 0 Å². The summed E-state index contributed by atoms with van der Waals surface area (Å²) in [5, 5.41) is 8.18. The van der Waals surface area contributed by atoms with E-state index in [1.54, 1.807) is 4.68 Å². The van der Waals surface area contributed by atoms with Crippen molar-refractivity contribution in [2.24, 2.45) is 0 Å². The molecule has 23 heavy (non-hydrogen) atoms. The van der Waals surface area contributed by atoms with Crippen LogP contribution in [0.4, 0.5) is 0 Å². The van der Waals surface area contributed by atoms with E-state index in [9.17, 15) is 4.79 Å². The van der Waals surface area contributed by atoms with E-state index in [1.165, 1.54) is 11.1 Å². The Balaban J connectivity index is 2.11. The van der Waals surface area contributed by atoms with Crippen LogP contribution in [0.25, 0.3) is 16.9 Å². The minimum Gasteiger partial charge on any atom is -0.296 e. The van der Waals surface area contributed by atoms with E-state index in [0.717, 1.165) is 23.2 Å². The lowest BCUT2D eigenvalue weighted by atomic mass is 10.0. The van der Waals surface area contributed by atoms with Crippen LogP contribution in [-0.4, -0.2) is 21.3 Å². The fraction of sp³-hybridized carbons (Fsp3) is 0.211. The van der Waals surface area contributed by atoms with Gasteiger partial charge in [-0.05, 0) is 30.5 Å². The average molecular weight is 305 g/mol. The summed E-state index contributed by atoms with van der Waals surface area (Å²) in [5.74, 6) is 0.474. The van der Waals surface area contributed by atoms with Gasteiger partial charge in [0.15, 0.2) is 12.0 Å². The van der Waals surface area contributed by atoms with Gasteiger partial charge >= 0.3 is 0 Å². The molecule has 3 rings (SSSR count). The molecule has 0 bridgehead atoms. The van der Waals surface area contributed by atoms with Crippen molar-refractivity contribution in [2.75, 3.05) is 0 Å². The number of hydrogen-bond acceptors (Lipinski definition) is 3. The van der Waals surface area contributed by atoms with Crippen LogP contribution >= 0.6 is 0 Å². The molecule has 0 N–H and O–H groups in total. The molecule has 0 spiro atoms. The zero-order valence-electron chi connectivity index (χ0n) is 13.5. The molecule has 0 saturated carbocycles. The third-order valence-corrected chi connectivity index (χ3v) is 3.94. The number of carbonyl (C=O) groups is 1. The predicted octanol–water partition coefficient (Wildman–Crippen LogP) is 4.18. The Morgan fingerprint density at radius 2 is 1.65 bits per heavy atom. The highest BCUT2D eigenvalue weighted by atomic mass is 16.1. The summed E-state index contributed by atoms with van der Waals surface area (Å²) in [6, 6.07) is 16.2. The Morgan fingerprint density at radius 3 is 2.22 bits per heavy atom. The maximum Gasteiger partial charge on any atom is 0.172 e. The molecule has 2 aromatic carbocycles. The summed E-state index contributed by atoms with van der Waals surface area (Å²) >= 11 is 0. The highest BCUT2D eigenvalue weighted by molar-refractivity contribution is 5.84. The van der Waals surface area contributed by atoms with Gasteiger partial charge in [0.2, 0.25) is 0 Å². The molecule has 4 nitrogen and oxygen atoms in total. The SMILES string of the molecule is Cc1ccc(-c2c(C=O)nnn2-c2ccc(C(C)C)cc2)cc1. The van der Waals surface area contributed by atoms with E-state index >= 15 is 0 Å². The molecule has 0 aliphatic rings. The number of aldehydes is 1. The number of aromatic nitrogens is 3. The molecule has 0 fully saturated rings. The third kappa shape index (κ3) is 2.93. The first-order valence-corrected chi connectivity index (χ1v) is 7.68. The van der Waals surface area contributed by atoms with Gasteiger partial charge in [-0.15, -0.1) is 5.10 Å². The van der Waals surface area contributed by atoms with Crippen LogP contribution in [-0.2, 0) is 0 Å². The maximum absolute atomic E-state index is 11.3. The van der Waals surface area contributed by atoms with E-state index < -0.39 is 0 Å². The Hall–Kier alpha value is -2.75. The molecule has 4 heteroatoms. The van der Waals surface area contributed by atoms with Gasteiger partial charge in [-0.2, -0.15) is 0 Å². The van der Waals surface area contributed by atoms with E-state index in [4.69, 9.17) is 0 Å². The summed E-state index contributed by atoms with van der Waals surface area (Å²) in [5.41, 5.74) is 5.32. The number of benzene rings is 2. The quantitative estimate of drug-likeness (QED) is 0.679. The lowest BCUT2D eigenvalue weighted by Gasteiger charge is -2.10. The smallest absolute Gasteiger partial charge is 0.172 e. The van der Waals surface area contributed by atoms with Crippen LogP contribution < -0.4 is 0 Å². The van der Waals surface area contributed by atoms with Crippen LogP contribution in [0.1, 0.15) is 41.4 Å². The molecule has 1 heterocycles. The summed E-state index contributed by atoms with van der Waals surface area (Å²) in [4.78, 5) is 11.3. The van der Waals surface area contributed by atoms with E-state index in [0.29, 0.717) is 11.6 Å². The average Bonchev–Trinajstić information content (AvgIpc) is 2.99. The number of carbonyl (C=O) groups excluding carboxylic acids is 1. The normalized spacial score (nSPS) is 11.0. The van der Waals surface area contributed by atoms with Gasteiger partial charge in [-0.3, -0.25) is 4.79 Å². The van der Waals surface area contributed by atoms with E-state index in [1.807, 2.05) is 43.3 Å². The Kier molecular flexibility index (Phi) is 4.06. The minimum atomic E-state index is 0.349. The summed E-state index contributed by atoms with van der Waals surface area (Å²) < 4.78 is 1.72. The lowest BCUT2D eigenvalue weighted by molar-refractivity contribution is 0.111. The fourth-order valence-corrected chi connectivity index (χ4v) is 2.54. The first kappa shape index (κ1) is 15.2. The van der Waals surface area contributed by atoms with Crippen LogP contribution in [0.5, 0.6) is 0 Å². The Morgan fingerprint density at radius 1 is 1.00 bits per heavy atom. The van der Waals surface area contributed by atoms with Gasteiger partial charge in [0.25, 0.3) is 0 Å². The monoisotopic (exact) mass is 305 g/mol. The second kappa shape index (κ2) is 6.16. The first-order chi connectivity index (χ1) is 11.1. The highest BCUT2D eigenvalue weighted by Crippen LogP contribution is 2.25. The zero-order valence-corrected chi connectivity index (χ0v) is 13.5. The van der Waals surface area contributed by atoms with Crippen molar-refractivity contribution >= 4 is 6.29 Å². The molecule has 0 aliphatic heterocycles. The molecule has 116 valence electrons. The van der Waals surface area contributed by atoms with E-state index in [2.05, 4.69) is 36.3 Å². The van der Waals surface area contributed by atoms with Crippen molar-refractivity contribution in [3.63, 3.8) is 0 Å². The van der Waals surface area contributed by atoms with Crippen molar-refractivity contribution in [3.05, 3.63) is 65.4 Å². The van der Waals surface area contributed by atoms with Crippen molar-refractivity contribution in [1.29, 1.82) is 0 Å². The molecule has 3 aromatic rings. The van der Waals surface area contributed by atoms with Gasteiger partial charge in [-0.25, -0.2) is 4.68 Å². The number of nitrogens with zero attached hydrogens (tertiary/aromatic N) is 3. The second-order valence-electron chi connectivity index (χ2n) is 5.97. The van der Waals surface area contributed by atoms with Gasteiger partial charge < -0.3 is 0 Å². The number of aryl methyl sites for hydroxylation is 1. The summed E-state index contributed by atoms with van der Waals surface area (Å²) in [7, 11) is 0. The third-order valence-electron chi connectivity index (χ3n) is 3.94. The maximum atomic E-state index is 11.3. The molecule has 0 aliphatic carbocycles. The predicted molar refractivity (Wildman–Crippen MR) is 91.0 cm³/mol. The van der Waals surface area contributed by atoms with E-state index in [-0.39, 0.29) is 0 Å².